The molecule has 3 fully saturated rings. The summed E-state index contributed by atoms with van der Waals surface area (Å²) in [6, 6.07) is 7.81. The smallest absolute Gasteiger partial charge is 0.344 e. The summed E-state index contributed by atoms with van der Waals surface area (Å²) >= 11 is 6.33. The summed E-state index contributed by atoms with van der Waals surface area (Å²) in [5.74, 6) is -0.126. The van der Waals surface area contributed by atoms with E-state index in [1.54, 1.807) is 12.3 Å². The van der Waals surface area contributed by atoms with Crippen LogP contribution in [0.4, 0.5) is 10.5 Å². The highest BCUT2D eigenvalue weighted by atomic mass is 35.5. The third-order valence-electron chi connectivity index (χ3n) is 7.65. The molecule has 1 aromatic heterocycles. The van der Waals surface area contributed by atoms with Crippen molar-refractivity contribution in [2.24, 2.45) is 5.41 Å². The molecule has 3 aliphatic rings. The summed E-state index contributed by atoms with van der Waals surface area (Å²) in [4.78, 5) is 31.2. The number of amides is 1. The van der Waals surface area contributed by atoms with Crippen LogP contribution in [-0.2, 0) is 6.54 Å². The normalized spacial score (nSPS) is 20.7. The number of aromatic nitrogens is 2. The lowest BCUT2D eigenvalue weighted by atomic mass is 9.78. The van der Waals surface area contributed by atoms with Crippen molar-refractivity contribution in [1.82, 2.24) is 19.6 Å². The molecule has 3 aliphatic heterocycles. The van der Waals surface area contributed by atoms with Crippen LogP contribution in [-0.4, -0.2) is 70.7 Å². The Labute approximate surface area is 200 Å². The second kappa shape index (κ2) is 9.11. The molecular weight excluding hydrogens is 438 g/mol. The number of Topliss-reactive ketones (excluding diaryl/α,β-unsaturated/α-hetero) is 1. The third kappa shape index (κ3) is 4.66. The van der Waals surface area contributed by atoms with E-state index in [-0.39, 0.29) is 17.2 Å². The topological polar surface area (TPSA) is 61.7 Å². The number of anilines is 1. The first-order valence-electron chi connectivity index (χ1n) is 12.0. The Kier molecular flexibility index (Phi) is 6.18. The fourth-order valence-electron chi connectivity index (χ4n) is 5.67. The van der Waals surface area contributed by atoms with Crippen LogP contribution in [0.5, 0.6) is 0 Å². The summed E-state index contributed by atoms with van der Waals surface area (Å²) in [6.07, 6.45) is 7.29. The number of hydrogen-bond donors (Lipinski definition) is 0. The first kappa shape index (κ1) is 22.4. The number of halogens is 1. The minimum absolute atomic E-state index is 0.126. The molecule has 0 N–H and O–H groups in total. The van der Waals surface area contributed by atoms with Crippen LogP contribution in [0.3, 0.4) is 0 Å². The van der Waals surface area contributed by atoms with Gasteiger partial charge in [0.1, 0.15) is 5.69 Å². The van der Waals surface area contributed by atoms with E-state index in [1.165, 1.54) is 42.1 Å². The monoisotopic (exact) mass is 469 g/mol. The minimum atomic E-state index is -0.136. The zero-order valence-corrected chi connectivity index (χ0v) is 20.1. The van der Waals surface area contributed by atoms with Crippen LogP contribution in [0.2, 0.25) is 5.02 Å². The Balaban J connectivity index is 1.20. The fraction of sp³-hybridized carbons (Fsp3) is 0.560. The highest BCUT2D eigenvalue weighted by Crippen LogP contribution is 2.41. The number of rotatable bonds is 4. The maximum absolute atomic E-state index is 12.8. The van der Waals surface area contributed by atoms with Gasteiger partial charge >= 0.3 is 6.03 Å². The molecule has 33 heavy (non-hydrogen) atoms. The molecule has 0 unspecified atom stereocenters. The van der Waals surface area contributed by atoms with E-state index in [4.69, 9.17) is 11.6 Å². The SMILES string of the molecule is CC(=O)c1ccn(C(=O)N2CCC3(CCN(Cc4ccc(Cl)cc4N4CCCC4)C3)CC2)n1. The molecule has 0 saturated carbocycles. The largest absolute Gasteiger partial charge is 0.371 e. The molecule has 7 nitrogen and oxygen atoms in total. The quantitative estimate of drug-likeness (QED) is 0.625. The fourth-order valence-corrected chi connectivity index (χ4v) is 5.84. The summed E-state index contributed by atoms with van der Waals surface area (Å²) in [7, 11) is 0. The Bertz CT molecular complexity index is 1040. The predicted molar refractivity (Wildman–Crippen MR) is 129 cm³/mol. The van der Waals surface area contributed by atoms with E-state index in [2.05, 4.69) is 27.0 Å². The van der Waals surface area contributed by atoms with E-state index in [9.17, 15) is 9.59 Å². The number of likely N-dealkylation sites (tertiary alicyclic amines) is 2. The van der Waals surface area contributed by atoms with Gasteiger partial charge in [-0.15, -0.1) is 0 Å². The Morgan fingerprint density at radius 1 is 1.03 bits per heavy atom. The van der Waals surface area contributed by atoms with Gasteiger partial charge in [0.05, 0.1) is 0 Å². The van der Waals surface area contributed by atoms with Gasteiger partial charge in [0.2, 0.25) is 0 Å². The predicted octanol–water partition coefficient (Wildman–Crippen LogP) is 4.30. The number of benzene rings is 1. The van der Waals surface area contributed by atoms with Crippen LogP contribution >= 0.6 is 11.6 Å². The first-order chi connectivity index (χ1) is 15.9. The van der Waals surface area contributed by atoms with E-state index < -0.39 is 0 Å². The molecule has 0 aliphatic carbocycles. The van der Waals surface area contributed by atoms with Crippen LogP contribution in [0, 0.1) is 5.41 Å². The highest BCUT2D eigenvalue weighted by Gasteiger charge is 2.41. The van der Waals surface area contributed by atoms with Crippen molar-refractivity contribution in [3.05, 3.63) is 46.7 Å². The van der Waals surface area contributed by atoms with Crippen molar-refractivity contribution in [1.29, 1.82) is 0 Å². The first-order valence-corrected chi connectivity index (χ1v) is 12.4. The molecule has 5 rings (SSSR count). The summed E-state index contributed by atoms with van der Waals surface area (Å²) in [5.41, 5.74) is 3.28. The molecule has 0 bridgehead atoms. The van der Waals surface area contributed by atoms with Crippen LogP contribution in [0.25, 0.3) is 0 Å². The zero-order chi connectivity index (χ0) is 23.0. The van der Waals surface area contributed by atoms with Gasteiger partial charge in [-0.3, -0.25) is 9.69 Å². The van der Waals surface area contributed by atoms with Gasteiger partial charge in [-0.25, -0.2) is 4.79 Å². The standard InChI is InChI=1S/C25H32ClN5O2/c1-19(32)22-6-12-31(27-22)24(33)30-14-8-25(9-15-30)7-13-28(18-25)17-20-4-5-21(26)16-23(20)29-10-2-3-11-29/h4-6,12,16H,2-3,7-11,13-15,17-18H2,1H3. The number of carbonyl (C=O) groups excluding carboxylic acids is 2. The van der Waals surface area contributed by atoms with Gasteiger partial charge in [-0.2, -0.15) is 9.78 Å². The molecule has 8 heteroatoms. The summed E-state index contributed by atoms with van der Waals surface area (Å²) < 4.78 is 1.30. The van der Waals surface area contributed by atoms with Crippen LogP contribution in [0.15, 0.2) is 30.5 Å². The molecule has 0 atom stereocenters. The van der Waals surface area contributed by atoms with Gasteiger partial charge in [-0.1, -0.05) is 17.7 Å². The van der Waals surface area contributed by atoms with Crippen LogP contribution < -0.4 is 4.90 Å². The molecule has 176 valence electrons. The van der Waals surface area contributed by atoms with Crippen molar-refractivity contribution in [2.75, 3.05) is 44.2 Å². The average Bonchev–Trinajstić information content (AvgIpc) is 3.57. The lowest BCUT2D eigenvalue weighted by Crippen LogP contribution is -2.45. The molecule has 3 saturated heterocycles. The van der Waals surface area contributed by atoms with Crippen molar-refractivity contribution < 1.29 is 9.59 Å². The van der Waals surface area contributed by atoms with Crippen LogP contribution in [0.1, 0.15) is 55.1 Å². The lowest BCUT2D eigenvalue weighted by molar-refractivity contribution is 0.101. The van der Waals surface area contributed by atoms with Crippen molar-refractivity contribution in [3.63, 3.8) is 0 Å². The second-order valence-electron chi connectivity index (χ2n) is 9.90. The number of carbonyl (C=O) groups is 2. The van der Waals surface area contributed by atoms with Gasteiger partial charge in [0, 0.05) is 63.1 Å². The van der Waals surface area contributed by atoms with Gasteiger partial charge < -0.3 is 9.80 Å². The maximum Gasteiger partial charge on any atom is 0.344 e. The Morgan fingerprint density at radius 2 is 1.76 bits per heavy atom. The molecule has 1 amide bonds. The number of nitrogens with zero attached hydrogens (tertiary/aromatic N) is 5. The Hall–Kier alpha value is -2.38. The molecule has 0 radical (unpaired) electrons. The summed E-state index contributed by atoms with van der Waals surface area (Å²) in [6.45, 7) is 8.30. The van der Waals surface area contributed by atoms with Crippen molar-refractivity contribution >= 4 is 29.1 Å². The molecule has 4 heterocycles. The third-order valence-corrected chi connectivity index (χ3v) is 7.88. The highest BCUT2D eigenvalue weighted by molar-refractivity contribution is 6.30. The number of piperidine rings is 1. The number of ketones is 1. The zero-order valence-electron chi connectivity index (χ0n) is 19.3. The summed E-state index contributed by atoms with van der Waals surface area (Å²) in [5, 5.41) is 4.94. The van der Waals surface area contributed by atoms with Crippen molar-refractivity contribution in [2.45, 2.75) is 45.6 Å². The molecule has 2 aromatic rings. The van der Waals surface area contributed by atoms with E-state index in [0.29, 0.717) is 5.69 Å². The van der Waals surface area contributed by atoms with Gasteiger partial charge in [0.15, 0.2) is 5.78 Å². The Morgan fingerprint density at radius 3 is 2.45 bits per heavy atom. The average molecular weight is 470 g/mol. The molecular formula is C25H32ClN5O2. The minimum Gasteiger partial charge on any atom is -0.371 e. The lowest BCUT2D eigenvalue weighted by Gasteiger charge is -2.39. The maximum atomic E-state index is 12.8. The van der Waals surface area contributed by atoms with Crippen molar-refractivity contribution in [3.8, 4) is 0 Å². The van der Waals surface area contributed by atoms with E-state index in [0.717, 1.165) is 63.7 Å². The second-order valence-corrected chi connectivity index (χ2v) is 10.3. The molecule has 1 spiro atoms. The molecule has 1 aromatic carbocycles. The number of hydrogen-bond acceptors (Lipinski definition) is 5. The van der Waals surface area contributed by atoms with Gasteiger partial charge in [0.25, 0.3) is 0 Å². The van der Waals surface area contributed by atoms with Gasteiger partial charge in [-0.05, 0) is 67.8 Å². The van der Waals surface area contributed by atoms with E-state index >= 15 is 0 Å². The van der Waals surface area contributed by atoms with E-state index in [1.807, 2.05) is 11.0 Å².